The Morgan fingerprint density at radius 3 is 2.84 bits per heavy atom. The minimum Gasteiger partial charge on any atom is -0.488 e. The van der Waals surface area contributed by atoms with Crippen LogP contribution in [0, 0.1) is 11.8 Å². The van der Waals surface area contributed by atoms with Crippen LogP contribution >= 0.6 is 11.6 Å². The first-order chi connectivity index (χ1) is 9.28. The van der Waals surface area contributed by atoms with Gasteiger partial charge >= 0.3 is 0 Å². The van der Waals surface area contributed by atoms with Gasteiger partial charge in [-0.05, 0) is 48.7 Å². The summed E-state index contributed by atoms with van der Waals surface area (Å²) in [5, 5.41) is 4.30. The van der Waals surface area contributed by atoms with Crippen LogP contribution in [0.2, 0.25) is 5.02 Å². The van der Waals surface area contributed by atoms with E-state index in [1.807, 2.05) is 18.2 Å². The van der Waals surface area contributed by atoms with E-state index in [-0.39, 0.29) is 0 Å². The fourth-order valence-corrected chi connectivity index (χ4v) is 3.98. The molecule has 0 spiro atoms. The van der Waals surface area contributed by atoms with Crippen LogP contribution in [0.25, 0.3) is 0 Å². The van der Waals surface area contributed by atoms with E-state index < -0.39 is 0 Å². The van der Waals surface area contributed by atoms with Gasteiger partial charge in [-0.2, -0.15) is 0 Å². The standard InChI is InChI=1S/C15H19ClN2O/c16-13-1-2-15-10(3-13)4-14(19-15)9-18-7-11-5-17-6-12(11)8-18/h1-3,11-12,14,17H,4-9H2/t11-,12+,14?. The topological polar surface area (TPSA) is 24.5 Å². The van der Waals surface area contributed by atoms with E-state index in [9.17, 15) is 0 Å². The van der Waals surface area contributed by atoms with E-state index in [1.165, 1.54) is 31.7 Å². The van der Waals surface area contributed by atoms with Gasteiger partial charge in [-0.15, -0.1) is 0 Å². The van der Waals surface area contributed by atoms with Gasteiger partial charge in [-0.25, -0.2) is 0 Å². The zero-order chi connectivity index (χ0) is 12.8. The van der Waals surface area contributed by atoms with Crippen LogP contribution in [-0.4, -0.2) is 43.7 Å². The Morgan fingerprint density at radius 1 is 1.26 bits per heavy atom. The molecule has 2 fully saturated rings. The number of nitrogens with zero attached hydrogens (tertiary/aromatic N) is 1. The molecule has 3 aliphatic rings. The Bertz CT molecular complexity index is 481. The highest BCUT2D eigenvalue weighted by Gasteiger charge is 2.37. The third kappa shape index (κ3) is 2.24. The molecular weight excluding hydrogens is 260 g/mol. The molecule has 0 radical (unpaired) electrons. The maximum Gasteiger partial charge on any atom is 0.123 e. The van der Waals surface area contributed by atoms with Gasteiger partial charge in [-0.3, -0.25) is 4.90 Å². The lowest BCUT2D eigenvalue weighted by molar-refractivity contribution is 0.162. The minimum absolute atomic E-state index is 0.306. The van der Waals surface area contributed by atoms with E-state index in [2.05, 4.69) is 10.2 Å². The molecule has 2 saturated heterocycles. The van der Waals surface area contributed by atoms with Crippen LogP contribution in [0.15, 0.2) is 18.2 Å². The summed E-state index contributed by atoms with van der Waals surface area (Å²) < 4.78 is 6.03. The van der Waals surface area contributed by atoms with Crippen LogP contribution < -0.4 is 10.1 Å². The third-order valence-electron chi connectivity index (χ3n) is 4.69. The first-order valence-corrected chi connectivity index (χ1v) is 7.54. The number of hydrogen-bond donors (Lipinski definition) is 1. The van der Waals surface area contributed by atoms with Gasteiger partial charge in [0.05, 0.1) is 0 Å². The number of likely N-dealkylation sites (tertiary alicyclic amines) is 1. The Kier molecular flexibility index (Phi) is 2.94. The Morgan fingerprint density at radius 2 is 2.05 bits per heavy atom. The van der Waals surface area contributed by atoms with E-state index in [1.54, 1.807) is 0 Å². The number of rotatable bonds is 2. The monoisotopic (exact) mass is 278 g/mol. The van der Waals surface area contributed by atoms with Crippen molar-refractivity contribution >= 4 is 11.6 Å². The van der Waals surface area contributed by atoms with Crippen molar-refractivity contribution in [3.05, 3.63) is 28.8 Å². The lowest BCUT2D eigenvalue weighted by atomic mass is 10.0. The predicted octanol–water partition coefficient (Wildman–Crippen LogP) is 1.79. The Labute approximate surface area is 118 Å². The van der Waals surface area contributed by atoms with Crippen molar-refractivity contribution in [2.45, 2.75) is 12.5 Å². The van der Waals surface area contributed by atoms with Gasteiger partial charge in [0.2, 0.25) is 0 Å². The van der Waals surface area contributed by atoms with Gasteiger partial charge in [0, 0.05) is 31.1 Å². The maximum atomic E-state index is 6.03. The average molecular weight is 279 g/mol. The van der Waals surface area contributed by atoms with Gasteiger partial charge < -0.3 is 10.1 Å². The predicted molar refractivity (Wildman–Crippen MR) is 75.9 cm³/mol. The van der Waals surface area contributed by atoms with Crippen LogP contribution in [0.5, 0.6) is 5.75 Å². The molecule has 0 aliphatic carbocycles. The summed E-state index contributed by atoms with van der Waals surface area (Å²) in [7, 11) is 0. The number of hydrogen-bond acceptors (Lipinski definition) is 3. The second-order valence-electron chi connectivity index (χ2n) is 6.09. The minimum atomic E-state index is 0.306. The zero-order valence-corrected chi connectivity index (χ0v) is 11.7. The molecule has 0 amide bonds. The molecule has 19 heavy (non-hydrogen) atoms. The zero-order valence-electron chi connectivity index (χ0n) is 10.9. The van der Waals surface area contributed by atoms with Gasteiger partial charge in [-0.1, -0.05) is 11.6 Å². The molecule has 3 heterocycles. The number of halogens is 1. The van der Waals surface area contributed by atoms with Crippen LogP contribution in [-0.2, 0) is 6.42 Å². The van der Waals surface area contributed by atoms with Gasteiger partial charge in [0.25, 0.3) is 0 Å². The molecule has 0 bridgehead atoms. The van der Waals surface area contributed by atoms with E-state index in [0.29, 0.717) is 6.10 Å². The van der Waals surface area contributed by atoms with Crippen LogP contribution in [0.1, 0.15) is 5.56 Å². The number of ether oxygens (including phenoxy) is 1. The van der Waals surface area contributed by atoms with E-state index in [0.717, 1.165) is 35.6 Å². The fraction of sp³-hybridized carbons (Fsp3) is 0.600. The highest BCUT2D eigenvalue weighted by molar-refractivity contribution is 6.30. The molecule has 1 unspecified atom stereocenters. The molecule has 1 aromatic rings. The molecule has 4 heteroatoms. The summed E-state index contributed by atoms with van der Waals surface area (Å²) in [5.74, 6) is 2.74. The highest BCUT2D eigenvalue weighted by Crippen LogP contribution is 2.33. The quantitative estimate of drug-likeness (QED) is 0.893. The summed E-state index contributed by atoms with van der Waals surface area (Å²) in [6, 6.07) is 5.95. The second kappa shape index (κ2) is 4.65. The van der Waals surface area contributed by atoms with Crippen LogP contribution in [0.3, 0.4) is 0 Å². The van der Waals surface area contributed by atoms with Crippen molar-refractivity contribution in [3.63, 3.8) is 0 Å². The molecule has 1 aromatic carbocycles. The largest absolute Gasteiger partial charge is 0.488 e. The van der Waals surface area contributed by atoms with Gasteiger partial charge in [0.15, 0.2) is 0 Å². The Hall–Kier alpha value is -0.770. The highest BCUT2D eigenvalue weighted by atomic mass is 35.5. The SMILES string of the molecule is Clc1ccc2c(c1)CC(CN1C[C@H]3CNC[C@H]3C1)O2. The lowest BCUT2D eigenvalue weighted by Crippen LogP contribution is -2.35. The van der Waals surface area contributed by atoms with Crippen molar-refractivity contribution in [1.29, 1.82) is 0 Å². The maximum absolute atomic E-state index is 6.03. The average Bonchev–Trinajstić information content (AvgIpc) is 3.01. The fourth-order valence-electron chi connectivity index (χ4n) is 3.78. The summed E-state index contributed by atoms with van der Waals surface area (Å²) in [5.41, 5.74) is 1.26. The summed E-state index contributed by atoms with van der Waals surface area (Å²) in [6.45, 7) is 5.91. The molecule has 3 aliphatic heterocycles. The van der Waals surface area contributed by atoms with Crippen molar-refractivity contribution in [1.82, 2.24) is 10.2 Å². The molecule has 1 N–H and O–H groups in total. The van der Waals surface area contributed by atoms with E-state index >= 15 is 0 Å². The van der Waals surface area contributed by atoms with Gasteiger partial charge in [0.1, 0.15) is 11.9 Å². The molecule has 4 rings (SSSR count). The van der Waals surface area contributed by atoms with E-state index in [4.69, 9.17) is 16.3 Å². The van der Waals surface area contributed by atoms with Crippen LogP contribution in [0.4, 0.5) is 0 Å². The Balaban J connectivity index is 1.38. The summed E-state index contributed by atoms with van der Waals surface area (Å²) >= 11 is 6.03. The first-order valence-electron chi connectivity index (χ1n) is 7.16. The number of benzene rings is 1. The molecular formula is C15H19ClN2O. The summed E-state index contributed by atoms with van der Waals surface area (Å²) in [4.78, 5) is 2.58. The van der Waals surface area contributed by atoms with Crippen molar-refractivity contribution < 1.29 is 4.74 Å². The molecule has 0 aromatic heterocycles. The van der Waals surface area contributed by atoms with Crippen molar-refractivity contribution in [2.75, 3.05) is 32.7 Å². The molecule has 3 atom stereocenters. The third-order valence-corrected chi connectivity index (χ3v) is 4.93. The molecule has 3 nitrogen and oxygen atoms in total. The second-order valence-corrected chi connectivity index (χ2v) is 6.53. The lowest BCUT2D eigenvalue weighted by Gasteiger charge is -2.21. The number of nitrogens with one attached hydrogen (secondary N) is 1. The summed E-state index contributed by atoms with van der Waals surface area (Å²) in [6.07, 6.45) is 1.31. The first kappa shape index (κ1) is 12.0. The molecule has 0 saturated carbocycles. The van der Waals surface area contributed by atoms with Crippen molar-refractivity contribution in [3.8, 4) is 5.75 Å². The number of fused-ring (bicyclic) bond motifs is 2. The van der Waals surface area contributed by atoms with Crippen molar-refractivity contribution in [2.24, 2.45) is 11.8 Å². The smallest absolute Gasteiger partial charge is 0.123 e. The normalized spacial score (nSPS) is 33.2. The molecule has 102 valence electrons.